The fourth-order valence-electron chi connectivity index (χ4n) is 3.42. The molecular formula is C21H32N4O. The van der Waals surface area contributed by atoms with Gasteiger partial charge in [-0.25, -0.2) is 4.98 Å². The fraction of sp³-hybridized carbons (Fsp3) is 0.619. The first-order chi connectivity index (χ1) is 12.9. The van der Waals surface area contributed by atoms with Crippen molar-refractivity contribution in [3.63, 3.8) is 0 Å². The van der Waals surface area contributed by atoms with Gasteiger partial charge in [0, 0.05) is 18.8 Å². The van der Waals surface area contributed by atoms with Gasteiger partial charge in [-0.2, -0.15) is 0 Å². The number of ether oxygens (including phenoxy) is 1. The number of likely N-dealkylation sites (tertiary alicyclic amines) is 1. The van der Waals surface area contributed by atoms with Gasteiger partial charge in [0.2, 0.25) is 5.88 Å². The number of hydrogen-bond acceptors (Lipinski definition) is 5. The fourth-order valence-corrected chi connectivity index (χ4v) is 3.42. The zero-order valence-electron chi connectivity index (χ0n) is 16.0. The van der Waals surface area contributed by atoms with Crippen molar-refractivity contribution in [3.05, 3.63) is 24.4 Å². The van der Waals surface area contributed by atoms with Crippen LogP contribution in [0.4, 0.5) is 5.69 Å². The minimum Gasteiger partial charge on any atom is -0.478 e. The molecule has 0 aliphatic carbocycles. The first-order valence-electron chi connectivity index (χ1n) is 10.2. The van der Waals surface area contributed by atoms with Crippen LogP contribution in [0.5, 0.6) is 5.88 Å². The van der Waals surface area contributed by atoms with Gasteiger partial charge in [0.1, 0.15) is 5.52 Å². The first kappa shape index (κ1) is 18.9. The van der Waals surface area contributed by atoms with Crippen LogP contribution in [0.1, 0.15) is 51.9 Å². The second kappa shape index (κ2) is 10.3. The third kappa shape index (κ3) is 5.56. The van der Waals surface area contributed by atoms with Crippen molar-refractivity contribution in [2.24, 2.45) is 0 Å². The normalized spacial score (nSPS) is 14.8. The third-order valence-electron chi connectivity index (χ3n) is 4.97. The van der Waals surface area contributed by atoms with Crippen LogP contribution < -0.4 is 10.1 Å². The largest absolute Gasteiger partial charge is 0.478 e. The van der Waals surface area contributed by atoms with Gasteiger partial charge >= 0.3 is 0 Å². The van der Waals surface area contributed by atoms with Gasteiger partial charge in [0.25, 0.3) is 0 Å². The lowest BCUT2D eigenvalue weighted by atomic mass is 10.2. The Balaban J connectivity index is 1.47. The topological polar surface area (TPSA) is 50.3 Å². The molecule has 1 N–H and O–H groups in total. The zero-order valence-corrected chi connectivity index (χ0v) is 16.0. The van der Waals surface area contributed by atoms with Gasteiger partial charge in [-0.05, 0) is 63.9 Å². The van der Waals surface area contributed by atoms with E-state index in [1.54, 1.807) is 0 Å². The molecule has 0 atom stereocenters. The summed E-state index contributed by atoms with van der Waals surface area (Å²) in [6.07, 6.45) is 10.5. The zero-order chi connectivity index (χ0) is 18.0. The molecule has 5 heteroatoms. The highest BCUT2D eigenvalue weighted by molar-refractivity contribution is 5.87. The highest BCUT2D eigenvalue weighted by Crippen LogP contribution is 2.22. The highest BCUT2D eigenvalue weighted by atomic mass is 16.5. The molecule has 0 radical (unpaired) electrons. The van der Waals surface area contributed by atoms with E-state index in [1.165, 1.54) is 51.7 Å². The Morgan fingerprint density at radius 3 is 2.81 bits per heavy atom. The predicted octanol–water partition coefficient (Wildman–Crippen LogP) is 4.49. The van der Waals surface area contributed by atoms with Crippen LogP contribution in [-0.2, 0) is 0 Å². The van der Waals surface area contributed by atoms with E-state index in [1.807, 2.05) is 24.4 Å². The van der Waals surface area contributed by atoms with Gasteiger partial charge in [-0.15, -0.1) is 0 Å². The number of pyridine rings is 2. The molecule has 3 rings (SSSR count). The average molecular weight is 357 g/mol. The molecule has 1 fully saturated rings. The number of nitrogens with zero attached hydrogens (tertiary/aromatic N) is 3. The summed E-state index contributed by atoms with van der Waals surface area (Å²) in [5, 5.41) is 3.54. The smallest absolute Gasteiger partial charge is 0.213 e. The van der Waals surface area contributed by atoms with E-state index in [0.717, 1.165) is 42.7 Å². The number of nitrogens with one attached hydrogen (secondary N) is 1. The Hall–Kier alpha value is -1.88. The van der Waals surface area contributed by atoms with Gasteiger partial charge in [-0.3, -0.25) is 4.98 Å². The van der Waals surface area contributed by atoms with Crippen LogP contribution in [0.15, 0.2) is 24.4 Å². The third-order valence-corrected chi connectivity index (χ3v) is 4.97. The predicted molar refractivity (Wildman–Crippen MR) is 108 cm³/mol. The number of fused-ring (bicyclic) bond motifs is 1. The van der Waals surface area contributed by atoms with Gasteiger partial charge in [0.15, 0.2) is 0 Å². The maximum absolute atomic E-state index is 5.74. The lowest BCUT2D eigenvalue weighted by Crippen LogP contribution is -2.20. The Morgan fingerprint density at radius 1 is 1.08 bits per heavy atom. The first-order valence-corrected chi connectivity index (χ1v) is 10.2. The molecule has 0 unspecified atom stereocenters. The van der Waals surface area contributed by atoms with Crippen molar-refractivity contribution < 1.29 is 4.74 Å². The summed E-state index contributed by atoms with van der Waals surface area (Å²) in [7, 11) is 0. The summed E-state index contributed by atoms with van der Waals surface area (Å²) < 4.78 is 5.74. The summed E-state index contributed by atoms with van der Waals surface area (Å²) in [6.45, 7) is 7.72. The van der Waals surface area contributed by atoms with Crippen LogP contribution in [0, 0.1) is 0 Å². The maximum atomic E-state index is 5.74. The quantitative estimate of drug-likeness (QED) is 0.601. The Labute approximate surface area is 157 Å². The second-order valence-electron chi connectivity index (χ2n) is 7.11. The van der Waals surface area contributed by atoms with Crippen molar-refractivity contribution in [2.45, 2.75) is 51.9 Å². The van der Waals surface area contributed by atoms with Crippen molar-refractivity contribution in [1.29, 1.82) is 0 Å². The van der Waals surface area contributed by atoms with Crippen LogP contribution in [0.25, 0.3) is 11.0 Å². The summed E-state index contributed by atoms with van der Waals surface area (Å²) in [5.41, 5.74) is 2.86. The van der Waals surface area contributed by atoms with Gasteiger partial charge < -0.3 is 15.0 Å². The van der Waals surface area contributed by atoms with Crippen molar-refractivity contribution in [3.8, 4) is 5.88 Å². The van der Waals surface area contributed by atoms with Crippen molar-refractivity contribution >= 4 is 16.7 Å². The monoisotopic (exact) mass is 356 g/mol. The molecule has 1 saturated heterocycles. The van der Waals surface area contributed by atoms with E-state index in [2.05, 4.69) is 27.1 Å². The van der Waals surface area contributed by atoms with Gasteiger partial charge in [0.05, 0.1) is 17.8 Å². The standard InChI is InChI=1S/C21H32N4O/c1-2-3-17-26-20-10-9-18-21(24-20)19(11-13-23-18)22-12-5-4-6-14-25-15-7-8-16-25/h9-11,13H,2-8,12,14-17H2,1H3,(H,22,23). The molecule has 3 heterocycles. The highest BCUT2D eigenvalue weighted by Gasteiger charge is 2.10. The van der Waals surface area contributed by atoms with Crippen LogP contribution in [-0.4, -0.2) is 47.7 Å². The van der Waals surface area contributed by atoms with E-state index in [0.29, 0.717) is 5.88 Å². The van der Waals surface area contributed by atoms with E-state index < -0.39 is 0 Å². The number of aromatic nitrogens is 2. The molecule has 0 saturated carbocycles. The molecule has 0 bridgehead atoms. The van der Waals surface area contributed by atoms with Crippen molar-refractivity contribution in [2.75, 3.05) is 38.1 Å². The lowest BCUT2D eigenvalue weighted by molar-refractivity contribution is 0.299. The Morgan fingerprint density at radius 2 is 1.96 bits per heavy atom. The van der Waals surface area contributed by atoms with E-state index >= 15 is 0 Å². The molecule has 0 spiro atoms. The number of anilines is 1. The molecule has 5 nitrogen and oxygen atoms in total. The van der Waals surface area contributed by atoms with Crippen LogP contribution in [0.2, 0.25) is 0 Å². The molecule has 0 amide bonds. The summed E-state index contributed by atoms with van der Waals surface area (Å²) in [4.78, 5) is 11.7. The molecule has 26 heavy (non-hydrogen) atoms. The molecule has 1 aliphatic heterocycles. The van der Waals surface area contributed by atoms with E-state index in [4.69, 9.17) is 4.74 Å². The van der Waals surface area contributed by atoms with Crippen molar-refractivity contribution in [1.82, 2.24) is 14.9 Å². The number of rotatable bonds is 11. The minimum atomic E-state index is 0.688. The molecule has 2 aromatic rings. The van der Waals surface area contributed by atoms with E-state index in [9.17, 15) is 0 Å². The summed E-state index contributed by atoms with van der Waals surface area (Å²) in [5.74, 6) is 0.688. The molecule has 2 aromatic heterocycles. The maximum Gasteiger partial charge on any atom is 0.213 e. The van der Waals surface area contributed by atoms with Crippen LogP contribution in [0.3, 0.4) is 0 Å². The Bertz CT molecular complexity index is 670. The molecular weight excluding hydrogens is 324 g/mol. The number of hydrogen-bond donors (Lipinski definition) is 1. The van der Waals surface area contributed by atoms with Crippen LogP contribution >= 0.6 is 0 Å². The summed E-state index contributed by atoms with van der Waals surface area (Å²) in [6, 6.07) is 5.91. The number of unbranched alkanes of at least 4 members (excludes halogenated alkanes) is 3. The van der Waals surface area contributed by atoms with E-state index in [-0.39, 0.29) is 0 Å². The average Bonchev–Trinajstić information content (AvgIpc) is 3.18. The molecule has 142 valence electrons. The second-order valence-corrected chi connectivity index (χ2v) is 7.11. The molecule has 1 aliphatic rings. The Kier molecular flexibility index (Phi) is 7.50. The molecule has 0 aromatic carbocycles. The van der Waals surface area contributed by atoms with Gasteiger partial charge in [-0.1, -0.05) is 19.8 Å². The lowest BCUT2D eigenvalue weighted by Gasteiger charge is -2.14. The minimum absolute atomic E-state index is 0.688. The SMILES string of the molecule is CCCCOc1ccc2nccc(NCCCCCN3CCCC3)c2n1. The summed E-state index contributed by atoms with van der Waals surface area (Å²) >= 11 is 0.